The van der Waals surface area contributed by atoms with E-state index in [2.05, 4.69) is 9.72 Å². The lowest BCUT2D eigenvalue weighted by molar-refractivity contribution is -0.142. The van der Waals surface area contributed by atoms with E-state index in [1.54, 1.807) is 12.3 Å². The van der Waals surface area contributed by atoms with Gasteiger partial charge in [0, 0.05) is 6.20 Å². The third-order valence-corrected chi connectivity index (χ3v) is 1.96. The Morgan fingerprint density at radius 2 is 2.29 bits per heavy atom. The Bertz CT molecular complexity index is 285. The first-order valence-electron chi connectivity index (χ1n) is 4.38. The van der Waals surface area contributed by atoms with Crippen molar-refractivity contribution < 1.29 is 9.53 Å². The quantitative estimate of drug-likeness (QED) is 0.531. The summed E-state index contributed by atoms with van der Waals surface area (Å²) in [4.78, 5) is 14.1. The molecule has 76 valence electrons. The van der Waals surface area contributed by atoms with Crippen molar-refractivity contribution in [3.05, 3.63) is 29.5 Å². The molecular formula is C10H12ClNO2. The fraction of sp³-hybridized carbons (Fsp3) is 0.400. The summed E-state index contributed by atoms with van der Waals surface area (Å²) in [5, 5.41) is 0.544. The normalized spacial score (nSPS) is 13.9. The summed E-state index contributed by atoms with van der Waals surface area (Å²) in [5.74, 6) is 0.213. The minimum atomic E-state index is -0.0417. The number of esters is 1. The molecule has 0 atom stereocenters. The maximum Gasteiger partial charge on any atom is 0.308 e. The average molecular weight is 214 g/mol. The van der Waals surface area contributed by atoms with E-state index in [1.165, 1.54) is 7.11 Å². The van der Waals surface area contributed by atoms with Crippen LogP contribution in [-0.4, -0.2) is 18.1 Å². The largest absolute Gasteiger partial charge is 0.469 e. The summed E-state index contributed by atoms with van der Waals surface area (Å²) in [6.45, 7) is 0. The monoisotopic (exact) mass is 213 g/mol. The lowest BCUT2D eigenvalue weighted by atomic mass is 10.4. The average Bonchev–Trinajstić information content (AvgIpc) is 3.02. The number of hydrogen-bond donors (Lipinski definition) is 0. The van der Waals surface area contributed by atoms with Gasteiger partial charge in [0.25, 0.3) is 0 Å². The number of aromatic nitrogens is 1. The van der Waals surface area contributed by atoms with Crippen LogP contribution >= 0.6 is 11.6 Å². The number of hydrogen-bond acceptors (Lipinski definition) is 3. The van der Waals surface area contributed by atoms with Gasteiger partial charge in [-0.3, -0.25) is 4.79 Å². The molecule has 1 aromatic heterocycles. The van der Waals surface area contributed by atoms with Crippen molar-refractivity contribution in [3.63, 3.8) is 0 Å². The van der Waals surface area contributed by atoms with Crippen LogP contribution in [-0.2, 0) is 9.53 Å². The van der Waals surface area contributed by atoms with Gasteiger partial charge in [0.2, 0.25) is 0 Å². The van der Waals surface area contributed by atoms with Crippen molar-refractivity contribution >= 4 is 17.6 Å². The third-order valence-electron chi connectivity index (χ3n) is 1.74. The maximum absolute atomic E-state index is 10.4. The number of ether oxygens (including phenoxy) is 1. The zero-order valence-corrected chi connectivity index (χ0v) is 8.70. The van der Waals surface area contributed by atoms with Gasteiger partial charge in [-0.25, -0.2) is 4.98 Å². The van der Waals surface area contributed by atoms with E-state index in [0.29, 0.717) is 5.15 Å². The molecular weight excluding hydrogens is 202 g/mol. The van der Waals surface area contributed by atoms with Crippen LogP contribution in [0.25, 0.3) is 0 Å². The van der Waals surface area contributed by atoms with Crippen LogP contribution in [0, 0.1) is 5.92 Å². The Morgan fingerprint density at radius 3 is 2.50 bits per heavy atom. The SMILES string of the molecule is COC(=O)C1CC1.Clc1ccccn1. The molecule has 4 heteroatoms. The second-order valence-corrected chi connectivity index (χ2v) is 3.34. The molecule has 1 heterocycles. The number of rotatable bonds is 1. The molecule has 3 nitrogen and oxygen atoms in total. The second kappa shape index (κ2) is 5.60. The number of carbonyl (C=O) groups is 1. The molecule has 1 aliphatic carbocycles. The lowest BCUT2D eigenvalue weighted by Gasteiger charge is -1.89. The molecule has 0 saturated heterocycles. The summed E-state index contributed by atoms with van der Waals surface area (Å²) < 4.78 is 4.44. The van der Waals surface area contributed by atoms with E-state index >= 15 is 0 Å². The zero-order chi connectivity index (χ0) is 10.4. The Labute approximate surface area is 88.1 Å². The van der Waals surface area contributed by atoms with Gasteiger partial charge in [0.05, 0.1) is 13.0 Å². The van der Waals surface area contributed by atoms with E-state index < -0.39 is 0 Å². The molecule has 1 aliphatic rings. The van der Waals surface area contributed by atoms with Crippen LogP contribution in [0.1, 0.15) is 12.8 Å². The first-order chi connectivity index (χ1) is 6.74. The van der Waals surface area contributed by atoms with Gasteiger partial charge in [-0.1, -0.05) is 17.7 Å². The number of halogens is 1. The van der Waals surface area contributed by atoms with E-state index in [1.807, 2.05) is 12.1 Å². The Balaban J connectivity index is 0.000000140. The van der Waals surface area contributed by atoms with Crippen molar-refractivity contribution in [2.75, 3.05) is 7.11 Å². The molecule has 0 aliphatic heterocycles. The summed E-state index contributed by atoms with van der Waals surface area (Å²) in [7, 11) is 1.43. The smallest absolute Gasteiger partial charge is 0.308 e. The molecule has 1 fully saturated rings. The fourth-order valence-electron chi connectivity index (χ4n) is 0.828. The summed E-state index contributed by atoms with van der Waals surface area (Å²) in [6, 6.07) is 5.41. The molecule has 0 bridgehead atoms. The van der Waals surface area contributed by atoms with Crippen LogP contribution in [0.3, 0.4) is 0 Å². The minimum absolute atomic E-state index is 0.0417. The van der Waals surface area contributed by atoms with Crippen molar-refractivity contribution in [3.8, 4) is 0 Å². The van der Waals surface area contributed by atoms with Crippen molar-refractivity contribution in [1.29, 1.82) is 0 Å². The van der Waals surface area contributed by atoms with Gasteiger partial charge in [-0.15, -0.1) is 0 Å². The van der Waals surface area contributed by atoms with E-state index in [9.17, 15) is 4.79 Å². The number of nitrogens with zero attached hydrogens (tertiary/aromatic N) is 1. The second-order valence-electron chi connectivity index (χ2n) is 2.95. The first-order valence-corrected chi connectivity index (χ1v) is 4.76. The van der Waals surface area contributed by atoms with Crippen LogP contribution in [0.4, 0.5) is 0 Å². The van der Waals surface area contributed by atoms with Gasteiger partial charge >= 0.3 is 5.97 Å². The highest BCUT2D eigenvalue weighted by atomic mass is 35.5. The fourth-order valence-corrected chi connectivity index (χ4v) is 0.957. The molecule has 0 radical (unpaired) electrons. The van der Waals surface area contributed by atoms with Crippen molar-refractivity contribution in [1.82, 2.24) is 4.98 Å². The first kappa shape index (κ1) is 11.0. The Morgan fingerprint density at radius 1 is 1.57 bits per heavy atom. The molecule has 0 spiro atoms. The van der Waals surface area contributed by atoms with E-state index in [0.717, 1.165) is 12.8 Å². The molecule has 2 rings (SSSR count). The standard InChI is InChI=1S/C5H4ClN.C5H8O2/c6-5-3-1-2-4-7-5;1-7-5(6)4-2-3-4/h1-4H;4H,2-3H2,1H3. The van der Waals surface area contributed by atoms with Crippen molar-refractivity contribution in [2.24, 2.45) is 5.92 Å². The predicted molar refractivity (Wildman–Crippen MR) is 54.0 cm³/mol. The van der Waals surface area contributed by atoms with E-state index in [-0.39, 0.29) is 11.9 Å². The summed E-state index contributed by atoms with van der Waals surface area (Å²) in [6.07, 6.45) is 3.72. The van der Waals surface area contributed by atoms with Crippen LogP contribution in [0.15, 0.2) is 24.4 Å². The topological polar surface area (TPSA) is 39.2 Å². The maximum atomic E-state index is 10.4. The van der Waals surface area contributed by atoms with E-state index in [4.69, 9.17) is 11.6 Å². The number of carbonyl (C=O) groups excluding carboxylic acids is 1. The molecule has 0 amide bonds. The predicted octanol–water partition coefficient (Wildman–Crippen LogP) is 2.30. The molecule has 1 aromatic rings. The molecule has 0 N–H and O–H groups in total. The number of pyridine rings is 1. The van der Waals surface area contributed by atoms with Gasteiger partial charge in [0.15, 0.2) is 0 Å². The molecule has 0 unspecified atom stereocenters. The summed E-state index contributed by atoms with van der Waals surface area (Å²) >= 11 is 5.43. The zero-order valence-electron chi connectivity index (χ0n) is 7.94. The van der Waals surface area contributed by atoms with Crippen LogP contribution in [0.5, 0.6) is 0 Å². The van der Waals surface area contributed by atoms with Gasteiger partial charge in [0.1, 0.15) is 5.15 Å². The van der Waals surface area contributed by atoms with Gasteiger partial charge in [-0.05, 0) is 25.0 Å². The Hall–Kier alpha value is -1.09. The molecule has 14 heavy (non-hydrogen) atoms. The minimum Gasteiger partial charge on any atom is -0.469 e. The summed E-state index contributed by atoms with van der Waals surface area (Å²) in [5.41, 5.74) is 0. The highest BCUT2D eigenvalue weighted by Crippen LogP contribution is 2.29. The van der Waals surface area contributed by atoms with Crippen LogP contribution in [0.2, 0.25) is 5.15 Å². The van der Waals surface area contributed by atoms with Crippen molar-refractivity contribution in [2.45, 2.75) is 12.8 Å². The Kier molecular flexibility index (Phi) is 4.40. The van der Waals surface area contributed by atoms with Gasteiger partial charge in [-0.2, -0.15) is 0 Å². The lowest BCUT2D eigenvalue weighted by Crippen LogP contribution is -2.00. The van der Waals surface area contributed by atoms with Crippen LogP contribution < -0.4 is 0 Å². The van der Waals surface area contributed by atoms with Gasteiger partial charge < -0.3 is 4.74 Å². The highest BCUT2D eigenvalue weighted by Gasteiger charge is 2.30. The highest BCUT2D eigenvalue weighted by molar-refractivity contribution is 6.29. The number of methoxy groups -OCH3 is 1. The third kappa shape index (κ3) is 4.23. The molecule has 1 saturated carbocycles. The molecule has 0 aromatic carbocycles.